The van der Waals surface area contributed by atoms with E-state index < -0.39 is 5.97 Å². The number of aryl methyl sites for hydroxylation is 1. The molecular formula is C30H28N6O3. The largest absolute Gasteiger partial charge is 0.481 e. The number of hydrogen-bond acceptors (Lipinski definition) is 7. The van der Waals surface area contributed by atoms with Gasteiger partial charge in [-0.05, 0) is 49.6 Å². The third-order valence-electron chi connectivity index (χ3n) is 6.86. The topological polar surface area (TPSA) is 123 Å². The molecule has 0 spiro atoms. The molecule has 2 aromatic carbocycles. The molecule has 0 atom stereocenters. The van der Waals surface area contributed by atoms with Crippen molar-refractivity contribution in [3.05, 3.63) is 83.7 Å². The molecule has 196 valence electrons. The molecule has 0 bridgehead atoms. The summed E-state index contributed by atoms with van der Waals surface area (Å²) in [6.45, 7) is 2.22. The molecule has 1 fully saturated rings. The maximum Gasteiger partial charge on any atom is 0.303 e. The number of carbonyl (C=O) groups excluding carboxylic acids is 1. The van der Waals surface area contributed by atoms with E-state index in [2.05, 4.69) is 11.1 Å². The first-order valence-corrected chi connectivity index (χ1v) is 13.0. The first-order valence-electron chi connectivity index (χ1n) is 13.0. The highest BCUT2D eigenvalue weighted by molar-refractivity contribution is 5.97. The summed E-state index contributed by atoms with van der Waals surface area (Å²) in [5, 5.41) is 18.4. The van der Waals surface area contributed by atoms with Crippen molar-refractivity contribution in [3.63, 3.8) is 0 Å². The first kappa shape index (κ1) is 25.8. The predicted octanol–water partition coefficient (Wildman–Crippen LogP) is 4.32. The molecule has 0 unspecified atom stereocenters. The lowest BCUT2D eigenvalue weighted by molar-refractivity contribution is -0.137. The number of piperazine rings is 1. The van der Waals surface area contributed by atoms with Gasteiger partial charge in [0, 0.05) is 49.9 Å². The molecule has 0 saturated carbocycles. The number of carboxylic acid groups (broad SMARTS) is 1. The Labute approximate surface area is 226 Å². The minimum Gasteiger partial charge on any atom is -0.481 e. The van der Waals surface area contributed by atoms with Crippen molar-refractivity contribution >= 4 is 28.7 Å². The standard InChI is InChI=1S/C30H28N6O3/c31-20-23-9-6-14-32-29(23)35-15-17-36(18-16-35)30(39)22-12-13-24-26(19-22)33-25(10-4-5-11-27(37)38)28(34-24)21-7-2-1-3-8-21/h1-3,6-9,12-14,19H,4-5,10-11,15-18H2,(H,37,38). The quantitative estimate of drug-likeness (QED) is 0.341. The lowest BCUT2D eigenvalue weighted by Gasteiger charge is -2.35. The second kappa shape index (κ2) is 11.7. The van der Waals surface area contributed by atoms with Gasteiger partial charge in [-0.25, -0.2) is 15.0 Å². The van der Waals surface area contributed by atoms with E-state index in [-0.39, 0.29) is 12.3 Å². The molecule has 3 heterocycles. The summed E-state index contributed by atoms with van der Waals surface area (Å²) >= 11 is 0. The molecule has 0 radical (unpaired) electrons. The van der Waals surface area contributed by atoms with Crippen LogP contribution < -0.4 is 4.90 Å². The van der Waals surface area contributed by atoms with E-state index >= 15 is 0 Å². The van der Waals surface area contributed by atoms with Crippen molar-refractivity contribution in [1.29, 1.82) is 5.26 Å². The lowest BCUT2D eigenvalue weighted by Crippen LogP contribution is -2.49. The van der Waals surface area contributed by atoms with Gasteiger partial charge in [-0.2, -0.15) is 5.26 Å². The van der Waals surface area contributed by atoms with Gasteiger partial charge in [-0.1, -0.05) is 30.3 Å². The molecule has 0 aliphatic carbocycles. The SMILES string of the molecule is N#Cc1cccnc1N1CCN(C(=O)c2ccc3nc(-c4ccccc4)c(CCCCC(=O)O)nc3c2)CC1. The van der Waals surface area contributed by atoms with Crippen molar-refractivity contribution in [3.8, 4) is 17.3 Å². The average Bonchev–Trinajstić information content (AvgIpc) is 2.98. The number of aromatic nitrogens is 3. The molecular weight excluding hydrogens is 492 g/mol. The average molecular weight is 521 g/mol. The molecule has 39 heavy (non-hydrogen) atoms. The zero-order valence-corrected chi connectivity index (χ0v) is 21.5. The number of carboxylic acids is 1. The Balaban J connectivity index is 1.36. The van der Waals surface area contributed by atoms with E-state index in [4.69, 9.17) is 15.1 Å². The van der Waals surface area contributed by atoms with Gasteiger partial charge < -0.3 is 14.9 Å². The van der Waals surface area contributed by atoms with Gasteiger partial charge in [-0.3, -0.25) is 9.59 Å². The number of carbonyl (C=O) groups is 2. The highest BCUT2D eigenvalue weighted by Crippen LogP contribution is 2.26. The minimum absolute atomic E-state index is 0.0741. The van der Waals surface area contributed by atoms with Crippen LogP contribution in [-0.4, -0.2) is 63.0 Å². The molecule has 9 heteroatoms. The summed E-state index contributed by atoms with van der Waals surface area (Å²) in [5.41, 5.74) is 4.93. The van der Waals surface area contributed by atoms with E-state index in [9.17, 15) is 14.9 Å². The second-order valence-electron chi connectivity index (χ2n) is 9.45. The van der Waals surface area contributed by atoms with Crippen LogP contribution in [0.2, 0.25) is 0 Å². The van der Waals surface area contributed by atoms with Crippen LogP contribution in [0, 0.1) is 11.3 Å². The van der Waals surface area contributed by atoms with Gasteiger partial charge in [0.1, 0.15) is 11.9 Å². The molecule has 9 nitrogen and oxygen atoms in total. The van der Waals surface area contributed by atoms with Crippen molar-refractivity contribution in [1.82, 2.24) is 19.9 Å². The zero-order valence-electron chi connectivity index (χ0n) is 21.5. The number of amides is 1. The predicted molar refractivity (Wildman–Crippen MR) is 147 cm³/mol. The minimum atomic E-state index is -0.808. The van der Waals surface area contributed by atoms with Gasteiger partial charge in [-0.15, -0.1) is 0 Å². The van der Waals surface area contributed by atoms with Crippen LogP contribution in [0.15, 0.2) is 66.9 Å². The fraction of sp³-hybridized carbons (Fsp3) is 0.267. The van der Waals surface area contributed by atoms with Gasteiger partial charge >= 0.3 is 5.97 Å². The molecule has 4 aromatic rings. The number of nitriles is 1. The van der Waals surface area contributed by atoms with Crippen molar-refractivity contribution in [2.45, 2.75) is 25.7 Å². The summed E-state index contributed by atoms with van der Waals surface area (Å²) in [5.74, 6) is -0.231. The summed E-state index contributed by atoms with van der Waals surface area (Å²) in [6.07, 6.45) is 3.62. The Kier molecular flexibility index (Phi) is 7.73. The van der Waals surface area contributed by atoms with E-state index in [0.29, 0.717) is 73.4 Å². The van der Waals surface area contributed by atoms with Crippen molar-refractivity contribution in [2.24, 2.45) is 0 Å². The van der Waals surface area contributed by atoms with Crippen LogP contribution >= 0.6 is 0 Å². The third kappa shape index (κ3) is 5.85. The molecule has 2 aromatic heterocycles. The summed E-state index contributed by atoms with van der Waals surface area (Å²) in [6, 6.07) is 20.9. The van der Waals surface area contributed by atoms with Crippen LogP contribution in [0.3, 0.4) is 0 Å². The maximum atomic E-state index is 13.4. The van der Waals surface area contributed by atoms with Crippen LogP contribution in [0.4, 0.5) is 5.82 Å². The number of benzene rings is 2. The van der Waals surface area contributed by atoms with E-state index in [1.165, 1.54) is 0 Å². The summed E-state index contributed by atoms with van der Waals surface area (Å²) in [7, 11) is 0. The number of aliphatic carboxylic acids is 1. The molecule has 1 aliphatic heterocycles. The molecule has 1 N–H and O–H groups in total. The number of unbranched alkanes of at least 4 members (excludes halogenated alkanes) is 1. The normalized spacial score (nSPS) is 13.3. The lowest BCUT2D eigenvalue weighted by atomic mass is 10.0. The third-order valence-corrected chi connectivity index (χ3v) is 6.86. The van der Waals surface area contributed by atoms with Gasteiger partial charge in [0.05, 0.1) is 28.0 Å². The first-order chi connectivity index (χ1) is 19.0. The van der Waals surface area contributed by atoms with Crippen LogP contribution in [0.1, 0.15) is 40.9 Å². The van der Waals surface area contributed by atoms with Gasteiger partial charge in [0.15, 0.2) is 0 Å². The Morgan fingerprint density at radius 3 is 2.46 bits per heavy atom. The highest BCUT2D eigenvalue weighted by atomic mass is 16.4. The Bertz CT molecular complexity index is 1540. The fourth-order valence-corrected chi connectivity index (χ4v) is 4.83. The summed E-state index contributed by atoms with van der Waals surface area (Å²) < 4.78 is 0. The number of rotatable bonds is 8. The maximum absolute atomic E-state index is 13.4. The molecule has 1 aliphatic rings. The molecule has 5 rings (SSSR count). The van der Waals surface area contributed by atoms with Crippen LogP contribution in [0.5, 0.6) is 0 Å². The smallest absolute Gasteiger partial charge is 0.303 e. The monoisotopic (exact) mass is 520 g/mol. The Hall–Kier alpha value is -4.84. The van der Waals surface area contributed by atoms with Crippen molar-refractivity contribution in [2.75, 3.05) is 31.1 Å². The number of fused-ring (bicyclic) bond motifs is 1. The molecule has 1 amide bonds. The number of pyridine rings is 1. The number of anilines is 1. The Morgan fingerprint density at radius 1 is 0.923 bits per heavy atom. The Morgan fingerprint density at radius 2 is 1.72 bits per heavy atom. The number of nitrogens with zero attached hydrogens (tertiary/aromatic N) is 6. The van der Waals surface area contributed by atoms with Gasteiger partial charge in [0.2, 0.25) is 0 Å². The van der Waals surface area contributed by atoms with E-state index in [1.54, 1.807) is 30.5 Å². The highest BCUT2D eigenvalue weighted by Gasteiger charge is 2.24. The zero-order chi connectivity index (χ0) is 27.2. The number of hydrogen-bond donors (Lipinski definition) is 1. The van der Waals surface area contributed by atoms with Crippen molar-refractivity contribution < 1.29 is 14.7 Å². The molecule has 1 saturated heterocycles. The second-order valence-corrected chi connectivity index (χ2v) is 9.45. The van der Waals surface area contributed by atoms with E-state index in [0.717, 1.165) is 17.0 Å². The van der Waals surface area contributed by atoms with Crippen LogP contribution in [0.25, 0.3) is 22.3 Å². The van der Waals surface area contributed by atoms with E-state index in [1.807, 2.05) is 46.2 Å². The van der Waals surface area contributed by atoms with Crippen LogP contribution in [-0.2, 0) is 11.2 Å². The fourth-order valence-electron chi connectivity index (χ4n) is 4.83. The summed E-state index contributed by atoms with van der Waals surface area (Å²) in [4.78, 5) is 42.3. The van der Waals surface area contributed by atoms with Gasteiger partial charge in [0.25, 0.3) is 5.91 Å².